The van der Waals surface area contributed by atoms with Crippen LogP contribution in [0, 0.1) is 11.8 Å². The molecule has 0 bridgehead atoms. The molecule has 8 heteroatoms. The molecule has 206 valence electrons. The number of imidazole rings is 1. The van der Waals surface area contributed by atoms with Gasteiger partial charge < -0.3 is 0 Å². The highest BCUT2D eigenvalue weighted by Gasteiger charge is 2.29. The van der Waals surface area contributed by atoms with Gasteiger partial charge in [-0.15, -0.1) is 5.10 Å². The minimum Gasteiger partial charge on any atom is -0.296 e. The predicted molar refractivity (Wildman–Crippen MR) is 154 cm³/mol. The summed E-state index contributed by atoms with van der Waals surface area (Å²) in [6, 6.07) is 12.4. The first kappa shape index (κ1) is 27.0. The SMILES string of the molecule is CCCCc1cn(C2CCCCCCC2C(C)C)c(=O)n1Cc1ccc(-c2ccccc2-c2nnn[nH]2)cn1. The molecule has 1 aliphatic rings. The van der Waals surface area contributed by atoms with Crippen molar-refractivity contribution < 1.29 is 0 Å². The van der Waals surface area contributed by atoms with Gasteiger partial charge in [0.05, 0.1) is 12.2 Å². The van der Waals surface area contributed by atoms with Crippen LogP contribution < -0.4 is 5.69 Å². The molecule has 1 saturated carbocycles. The minimum absolute atomic E-state index is 0.117. The van der Waals surface area contributed by atoms with Crippen LogP contribution in [-0.4, -0.2) is 34.7 Å². The molecule has 0 radical (unpaired) electrons. The Bertz CT molecular complexity index is 1390. The van der Waals surface area contributed by atoms with Gasteiger partial charge in [-0.25, -0.2) is 9.89 Å². The summed E-state index contributed by atoms with van der Waals surface area (Å²) in [6.45, 7) is 7.33. The summed E-state index contributed by atoms with van der Waals surface area (Å²) in [5.41, 5.74) is 5.04. The van der Waals surface area contributed by atoms with Gasteiger partial charge in [-0.3, -0.25) is 14.1 Å². The van der Waals surface area contributed by atoms with Crippen molar-refractivity contribution in [3.05, 3.63) is 70.7 Å². The van der Waals surface area contributed by atoms with E-state index in [0.717, 1.165) is 53.8 Å². The van der Waals surface area contributed by atoms with E-state index >= 15 is 0 Å². The predicted octanol–water partition coefficient (Wildman–Crippen LogP) is 6.45. The third-order valence-electron chi connectivity index (χ3n) is 8.35. The smallest absolute Gasteiger partial charge is 0.296 e. The molecule has 8 nitrogen and oxygen atoms in total. The molecular weight excluding hydrogens is 486 g/mol. The Morgan fingerprint density at radius 1 is 1.03 bits per heavy atom. The zero-order chi connectivity index (χ0) is 27.2. The molecular formula is C31H41N7O. The number of hydrogen-bond donors (Lipinski definition) is 1. The number of tetrazole rings is 1. The van der Waals surface area contributed by atoms with Crippen LogP contribution in [0.15, 0.2) is 53.6 Å². The molecule has 1 N–H and O–H groups in total. The van der Waals surface area contributed by atoms with Gasteiger partial charge in [0, 0.05) is 35.3 Å². The minimum atomic E-state index is 0.117. The second-order valence-electron chi connectivity index (χ2n) is 11.3. The number of aromatic nitrogens is 7. The molecule has 1 aromatic carbocycles. The number of aryl methyl sites for hydroxylation is 1. The summed E-state index contributed by atoms with van der Waals surface area (Å²) in [4.78, 5) is 18.8. The van der Waals surface area contributed by atoms with Crippen molar-refractivity contribution >= 4 is 0 Å². The lowest BCUT2D eigenvalue weighted by atomic mass is 9.80. The topological polar surface area (TPSA) is 94.3 Å². The zero-order valence-corrected chi connectivity index (χ0v) is 23.5. The maximum absolute atomic E-state index is 14.0. The molecule has 0 spiro atoms. The average molecular weight is 528 g/mol. The maximum atomic E-state index is 14.0. The van der Waals surface area contributed by atoms with Gasteiger partial charge in [-0.05, 0) is 59.6 Å². The summed E-state index contributed by atoms with van der Waals surface area (Å²) in [5.74, 6) is 1.72. The lowest BCUT2D eigenvalue weighted by Crippen LogP contribution is -2.33. The highest BCUT2D eigenvalue weighted by Crippen LogP contribution is 2.36. The van der Waals surface area contributed by atoms with Crippen LogP contribution in [0.2, 0.25) is 0 Å². The normalized spacial score (nSPS) is 18.3. The Morgan fingerprint density at radius 3 is 2.51 bits per heavy atom. The standard InChI is InChI=1S/C31H41N7O/c1-4-5-12-25-21-38(29-16-9-7-6-8-13-26(29)22(2)3)31(39)37(25)20-24-18-17-23(19-32-24)27-14-10-11-15-28(27)30-33-35-36-34-30/h10-11,14-15,17-19,21-22,26,29H,4-9,12-13,16,20H2,1-3H3,(H,33,34,35,36). The Balaban J connectivity index is 1.45. The Morgan fingerprint density at radius 2 is 1.82 bits per heavy atom. The van der Waals surface area contributed by atoms with Gasteiger partial charge in [0.15, 0.2) is 5.82 Å². The number of pyridine rings is 1. The number of H-pyrrole nitrogens is 1. The van der Waals surface area contributed by atoms with Gasteiger partial charge in [0.2, 0.25) is 0 Å². The number of nitrogens with one attached hydrogen (secondary N) is 1. The van der Waals surface area contributed by atoms with E-state index in [1.807, 2.05) is 41.1 Å². The fourth-order valence-corrected chi connectivity index (χ4v) is 6.18. The molecule has 2 unspecified atom stereocenters. The van der Waals surface area contributed by atoms with Crippen LogP contribution in [0.1, 0.15) is 89.6 Å². The van der Waals surface area contributed by atoms with Crippen LogP contribution in [0.25, 0.3) is 22.5 Å². The van der Waals surface area contributed by atoms with Crippen LogP contribution in [0.3, 0.4) is 0 Å². The molecule has 2 atom stereocenters. The number of benzene rings is 1. The van der Waals surface area contributed by atoms with E-state index in [-0.39, 0.29) is 11.7 Å². The number of unbranched alkanes of at least 4 members (excludes halogenated alkanes) is 1. The van der Waals surface area contributed by atoms with Crippen molar-refractivity contribution in [3.8, 4) is 22.5 Å². The largest absolute Gasteiger partial charge is 0.328 e. The Hall–Kier alpha value is -3.55. The molecule has 3 heterocycles. The first-order chi connectivity index (χ1) is 19.1. The molecule has 39 heavy (non-hydrogen) atoms. The van der Waals surface area contributed by atoms with Gasteiger partial charge in [0.1, 0.15) is 0 Å². The van der Waals surface area contributed by atoms with Gasteiger partial charge in [-0.2, -0.15) is 0 Å². The molecule has 0 aliphatic heterocycles. The number of rotatable bonds is 9. The second kappa shape index (κ2) is 12.5. The van der Waals surface area contributed by atoms with Crippen molar-refractivity contribution in [2.45, 2.75) is 91.1 Å². The van der Waals surface area contributed by atoms with Gasteiger partial charge in [0.25, 0.3) is 0 Å². The van der Waals surface area contributed by atoms with E-state index in [0.29, 0.717) is 24.2 Å². The van der Waals surface area contributed by atoms with Crippen molar-refractivity contribution in [2.24, 2.45) is 11.8 Å². The lowest BCUT2D eigenvalue weighted by molar-refractivity contribution is 0.200. The van der Waals surface area contributed by atoms with E-state index < -0.39 is 0 Å². The van der Waals surface area contributed by atoms with Crippen LogP contribution in [0.5, 0.6) is 0 Å². The van der Waals surface area contributed by atoms with Crippen LogP contribution >= 0.6 is 0 Å². The zero-order valence-electron chi connectivity index (χ0n) is 23.5. The van der Waals surface area contributed by atoms with Crippen molar-refractivity contribution in [3.63, 3.8) is 0 Å². The average Bonchev–Trinajstić information content (AvgIpc) is 3.57. The molecule has 1 aliphatic carbocycles. The summed E-state index contributed by atoms with van der Waals surface area (Å²) in [7, 11) is 0. The third kappa shape index (κ3) is 6.05. The third-order valence-corrected chi connectivity index (χ3v) is 8.35. The molecule has 0 amide bonds. The fraction of sp³-hybridized carbons (Fsp3) is 0.516. The molecule has 1 fully saturated rings. The van der Waals surface area contributed by atoms with Crippen molar-refractivity contribution in [1.29, 1.82) is 0 Å². The van der Waals surface area contributed by atoms with Crippen LogP contribution in [0.4, 0.5) is 0 Å². The highest BCUT2D eigenvalue weighted by molar-refractivity contribution is 5.79. The second-order valence-corrected chi connectivity index (χ2v) is 11.3. The quantitative estimate of drug-likeness (QED) is 0.270. The summed E-state index contributed by atoms with van der Waals surface area (Å²) >= 11 is 0. The summed E-state index contributed by atoms with van der Waals surface area (Å²) in [6.07, 6.45) is 14.5. The van der Waals surface area contributed by atoms with E-state index in [9.17, 15) is 4.79 Å². The molecule has 3 aromatic heterocycles. The number of nitrogens with zero attached hydrogens (tertiary/aromatic N) is 6. The first-order valence-corrected chi connectivity index (χ1v) is 14.7. The van der Waals surface area contributed by atoms with E-state index in [1.54, 1.807) is 0 Å². The Kier molecular flexibility index (Phi) is 8.69. The van der Waals surface area contributed by atoms with Crippen molar-refractivity contribution in [2.75, 3.05) is 0 Å². The lowest BCUT2D eigenvalue weighted by Gasteiger charge is -2.32. The maximum Gasteiger partial charge on any atom is 0.328 e. The van der Waals surface area contributed by atoms with Crippen molar-refractivity contribution in [1.82, 2.24) is 34.7 Å². The summed E-state index contributed by atoms with van der Waals surface area (Å²) < 4.78 is 4.07. The van der Waals surface area contributed by atoms with E-state index in [4.69, 9.17) is 4.98 Å². The first-order valence-electron chi connectivity index (χ1n) is 14.7. The Labute approximate surface area is 230 Å². The number of aromatic amines is 1. The van der Waals surface area contributed by atoms with E-state index in [1.165, 1.54) is 32.1 Å². The summed E-state index contributed by atoms with van der Waals surface area (Å²) in [5, 5.41) is 14.4. The molecule has 0 saturated heterocycles. The fourth-order valence-electron chi connectivity index (χ4n) is 6.18. The molecule has 4 aromatic rings. The van der Waals surface area contributed by atoms with Gasteiger partial charge >= 0.3 is 5.69 Å². The van der Waals surface area contributed by atoms with E-state index in [2.05, 4.69) is 58.2 Å². The van der Waals surface area contributed by atoms with Crippen LogP contribution in [-0.2, 0) is 13.0 Å². The number of hydrogen-bond acceptors (Lipinski definition) is 5. The molecule has 5 rings (SSSR count). The highest BCUT2D eigenvalue weighted by atomic mass is 16.1. The monoisotopic (exact) mass is 527 g/mol. The van der Waals surface area contributed by atoms with Gasteiger partial charge in [-0.1, -0.05) is 83.2 Å².